The minimum atomic E-state index is 0.675. The quantitative estimate of drug-likeness (QED) is 0.137. The molecule has 0 unspecified atom stereocenters. The minimum absolute atomic E-state index is 0.675. The van der Waals surface area contributed by atoms with Crippen LogP contribution in [-0.4, -0.2) is 14.4 Å². The summed E-state index contributed by atoms with van der Waals surface area (Å²) in [5.74, 6) is 0. The van der Waals surface area contributed by atoms with E-state index in [0.29, 0.717) is 6.54 Å². The van der Waals surface area contributed by atoms with Crippen LogP contribution < -0.4 is 0 Å². The molecule has 0 aliphatic carbocycles. The Hall–Kier alpha value is -0.625. The monoisotopic (exact) mass is 251 g/mol. The second-order valence-electron chi connectivity index (χ2n) is 5.20. The van der Waals surface area contributed by atoms with Gasteiger partial charge in [0, 0.05) is 11.5 Å². The molecule has 104 valence electrons. The third-order valence-corrected chi connectivity index (χ3v) is 3.42. The number of azide groups is 1. The second-order valence-corrected chi connectivity index (χ2v) is 5.20. The zero-order valence-electron chi connectivity index (χ0n) is 12.2. The number of hydrogen-bond acceptors (Lipinski definition) is 1. The summed E-state index contributed by atoms with van der Waals surface area (Å²) in [7, 11) is 2.27. The number of nitrogens with zero attached hydrogens (tertiary/aromatic N) is 3. The van der Waals surface area contributed by atoms with Crippen molar-refractivity contribution in [2.75, 3.05) is 6.54 Å². The SMILES string of the molecule is BCCCCCCCCCCCCCCN=[N+]=[N-]. The van der Waals surface area contributed by atoms with Crippen LogP contribution in [0.5, 0.6) is 0 Å². The van der Waals surface area contributed by atoms with E-state index in [-0.39, 0.29) is 0 Å². The molecule has 0 amide bonds. The first kappa shape index (κ1) is 17.4. The van der Waals surface area contributed by atoms with Gasteiger partial charge < -0.3 is 0 Å². The predicted molar refractivity (Wildman–Crippen MR) is 82.8 cm³/mol. The van der Waals surface area contributed by atoms with Gasteiger partial charge in [0.25, 0.3) is 0 Å². The molecule has 0 atom stereocenters. The van der Waals surface area contributed by atoms with Crippen LogP contribution in [0.3, 0.4) is 0 Å². The first-order valence-corrected chi connectivity index (χ1v) is 7.92. The van der Waals surface area contributed by atoms with E-state index in [4.69, 9.17) is 5.53 Å². The largest absolute Gasteiger partial charge is 0.101 e. The van der Waals surface area contributed by atoms with Crippen molar-refractivity contribution in [3.63, 3.8) is 0 Å². The summed E-state index contributed by atoms with van der Waals surface area (Å²) in [6.07, 6.45) is 17.6. The van der Waals surface area contributed by atoms with E-state index in [1.807, 2.05) is 0 Å². The maximum absolute atomic E-state index is 8.12. The molecule has 0 rings (SSSR count). The molecule has 0 N–H and O–H groups in total. The molecular weight excluding hydrogens is 221 g/mol. The molecule has 0 saturated carbocycles. The first-order valence-electron chi connectivity index (χ1n) is 7.92. The van der Waals surface area contributed by atoms with Gasteiger partial charge >= 0.3 is 0 Å². The summed E-state index contributed by atoms with van der Waals surface area (Å²) in [4.78, 5) is 2.75. The van der Waals surface area contributed by atoms with Crippen molar-refractivity contribution in [3.8, 4) is 0 Å². The third kappa shape index (κ3) is 15.4. The first-order chi connectivity index (χ1) is 8.91. The zero-order chi connectivity index (χ0) is 13.3. The molecule has 0 heterocycles. The number of hydrogen-bond donors (Lipinski definition) is 0. The van der Waals surface area contributed by atoms with E-state index in [0.717, 1.165) is 6.42 Å². The van der Waals surface area contributed by atoms with Crippen molar-refractivity contribution in [2.24, 2.45) is 5.11 Å². The molecule has 0 spiro atoms. The highest BCUT2D eigenvalue weighted by atomic mass is 15.1. The number of rotatable bonds is 14. The summed E-state index contributed by atoms with van der Waals surface area (Å²) in [6, 6.07) is 0. The van der Waals surface area contributed by atoms with Crippen molar-refractivity contribution >= 4 is 7.85 Å². The fraction of sp³-hybridized carbons (Fsp3) is 1.00. The Balaban J connectivity index is 2.92. The number of unbranched alkanes of at least 4 members (excludes halogenated alkanes) is 11. The maximum Gasteiger partial charge on any atom is 0.101 e. The lowest BCUT2D eigenvalue weighted by Crippen LogP contribution is -1.84. The highest BCUT2D eigenvalue weighted by Crippen LogP contribution is 2.12. The van der Waals surface area contributed by atoms with Gasteiger partial charge in [-0.1, -0.05) is 82.1 Å². The Bertz CT molecular complexity index is 203. The fourth-order valence-corrected chi connectivity index (χ4v) is 2.25. The topological polar surface area (TPSA) is 48.8 Å². The van der Waals surface area contributed by atoms with Gasteiger partial charge in [0.05, 0.1) is 0 Å². The van der Waals surface area contributed by atoms with Gasteiger partial charge in [0.15, 0.2) is 0 Å². The molecule has 0 aliphatic rings. The van der Waals surface area contributed by atoms with Crippen LogP contribution in [0.4, 0.5) is 0 Å². The van der Waals surface area contributed by atoms with E-state index in [1.54, 1.807) is 0 Å². The molecule has 0 aromatic rings. The van der Waals surface area contributed by atoms with Crippen molar-refractivity contribution in [1.29, 1.82) is 0 Å². The predicted octanol–water partition coefficient (Wildman–Crippen LogP) is 5.03. The third-order valence-electron chi connectivity index (χ3n) is 3.42. The standard InChI is InChI=1S/C14H30BN3/c15-13-11-9-7-5-3-1-2-4-6-8-10-12-14-17-18-16/h1-15H2. The van der Waals surface area contributed by atoms with Gasteiger partial charge in [0.1, 0.15) is 7.85 Å². The maximum atomic E-state index is 8.12. The fourth-order valence-electron chi connectivity index (χ4n) is 2.25. The molecule has 3 nitrogen and oxygen atoms in total. The van der Waals surface area contributed by atoms with Crippen LogP contribution in [0.2, 0.25) is 6.32 Å². The average molecular weight is 251 g/mol. The summed E-state index contributed by atoms with van der Waals surface area (Å²) >= 11 is 0. The van der Waals surface area contributed by atoms with Crippen LogP contribution >= 0.6 is 0 Å². The molecular formula is C14H30BN3. The molecule has 4 heteroatoms. The van der Waals surface area contributed by atoms with Crippen molar-refractivity contribution in [1.82, 2.24) is 0 Å². The lowest BCUT2D eigenvalue weighted by atomic mass is 9.98. The van der Waals surface area contributed by atoms with Crippen molar-refractivity contribution in [2.45, 2.75) is 83.4 Å². The van der Waals surface area contributed by atoms with Crippen molar-refractivity contribution in [3.05, 3.63) is 10.4 Å². The Kier molecular flexibility index (Phi) is 15.8. The van der Waals surface area contributed by atoms with Crippen LogP contribution in [0, 0.1) is 0 Å². The van der Waals surface area contributed by atoms with E-state index >= 15 is 0 Å². The van der Waals surface area contributed by atoms with Gasteiger partial charge in [-0.25, -0.2) is 0 Å². The van der Waals surface area contributed by atoms with E-state index in [9.17, 15) is 0 Å². The van der Waals surface area contributed by atoms with E-state index in [1.165, 1.54) is 76.9 Å². The summed E-state index contributed by atoms with van der Waals surface area (Å²) in [5.41, 5.74) is 8.12. The Morgan fingerprint density at radius 1 is 0.667 bits per heavy atom. The van der Waals surface area contributed by atoms with Gasteiger partial charge in [-0.15, -0.1) is 0 Å². The Morgan fingerprint density at radius 3 is 1.44 bits per heavy atom. The summed E-state index contributed by atoms with van der Waals surface area (Å²) in [5, 5.41) is 3.54. The Labute approximate surface area is 114 Å². The normalized spacial score (nSPS) is 10.2. The minimum Gasteiger partial charge on any atom is -0.0940 e. The van der Waals surface area contributed by atoms with Crippen LogP contribution in [-0.2, 0) is 0 Å². The van der Waals surface area contributed by atoms with Gasteiger partial charge in [-0.05, 0) is 12.0 Å². The van der Waals surface area contributed by atoms with Crippen LogP contribution in [0.1, 0.15) is 77.0 Å². The molecule has 0 fully saturated rings. The van der Waals surface area contributed by atoms with Crippen LogP contribution in [0.15, 0.2) is 5.11 Å². The van der Waals surface area contributed by atoms with Gasteiger partial charge in [-0.2, -0.15) is 0 Å². The van der Waals surface area contributed by atoms with E-state index < -0.39 is 0 Å². The average Bonchev–Trinajstić information content (AvgIpc) is 2.39. The lowest BCUT2D eigenvalue weighted by molar-refractivity contribution is 0.545. The Morgan fingerprint density at radius 2 is 1.06 bits per heavy atom. The summed E-state index contributed by atoms with van der Waals surface area (Å²) < 4.78 is 0. The van der Waals surface area contributed by atoms with Crippen molar-refractivity contribution < 1.29 is 0 Å². The van der Waals surface area contributed by atoms with Crippen LogP contribution in [0.25, 0.3) is 10.4 Å². The highest BCUT2D eigenvalue weighted by molar-refractivity contribution is 6.08. The van der Waals surface area contributed by atoms with E-state index in [2.05, 4.69) is 17.9 Å². The molecule has 0 aromatic heterocycles. The molecule has 18 heavy (non-hydrogen) atoms. The molecule has 0 aromatic carbocycles. The lowest BCUT2D eigenvalue weighted by Gasteiger charge is -2.02. The highest BCUT2D eigenvalue weighted by Gasteiger charge is 1.93. The summed E-state index contributed by atoms with van der Waals surface area (Å²) in [6.45, 7) is 0.675. The van der Waals surface area contributed by atoms with Gasteiger partial charge in [0.2, 0.25) is 0 Å². The smallest absolute Gasteiger partial charge is 0.0940 e. The molecule has 0 radical (unpaired) electrons. The molecule has 0 aliphatic heterocycles. The molecule has 0 saturated heterocycles. The van der Waals surface area contributed by atoms with Gasteiger partial charge in [-0.3, -0.25) is 0 Å². The second kappa shape index (κ2) is 16.4. The zero-order valence-corrected chi connectivity index (χ0v) is 12.2. The molecule has 0 bridgehead atoms.